The van der Waals surface area contributed by atoms with Gasteiger partial charge in [-0.15, -0.1) is 0 Å². The van der Waals surface area contributed by atoms with E-state index >= 15 is 0 Å². The van der Waals surface area contributed by atoms with Crippen LogP contribution in [0.4, 0.5) is 5.82 Å². The summed E-state index contributed by atoms with van der Waals surface area (Å²) in [4.78, 5) is 37.5. The van der Waals surface area contributed by atoms with E-state index in [0.717, 1.165) is 23.0 Å². The van der Waals surface area contributed by atoms with Gasteiger partial charge in [-0.05, 0) is 45.9 Å². The number of benzene rings is 1. The van der Waals surface area contributed by atoms with Crippen molar-refractivity contribution in [3.8, 4) is 5.82 Å². The minimum Gasteiger partial charge on any atom is -0.353 e. The van der Waals surface area contributed by atoms with Gasteiger partial charge in [-0.25, -0.2) is 14.6 Å². The minimum atomic E-state index is -0.0167. The maximum Gasteiger partial charge on any atom is 0.253 e. The van der Waals surface area contributed by atoms with E-state index in [4.69, 9.17) is 0 Å². The molecule has 3 heterocycles. The molecule has 160 valence electrons. The second-order valence-corrected chi connectivity index (χ2v) is 7.88. The van der Waals surface area contributed by atoms with Crippen LogP contribution in [0.25, 0.3) is 5.82 Å². The van der Waals surface area contributed by atoms with Gasteiger partial charge in [-0.3, -0.25) is 9.59 Å². The van der Waals surface area contributed by atoms with Gasteiger partial charge in [-0.2, -0.15) is 5.10 Å². The average Bonchev–Trinajstić information content (AvgIpc) is 3.11. The third-order valence-corrected chi connectivity index (χ3v) is 5.47. The van der Waals surface area contributed by atoms with Gasteiger partial charge in [-0.1, -0.05) is 12.1 Å². The first-order valence-electron chi connectivity index (χ1n) is 10.4. The molecule has 8 nitrogen and oxygen atoms in total. The number of amides is 1. The molecular formula is C23H26N6O2. The molecule has 0 unspecified atom stereocenters. The fourth-order valence-corrected chi connectivity index (χ4v) is 3.84. The molecule has 3 aromatic rings. The summed E-state index contributed by atoms with van der Waals surface area (Å²) in [7, 11) is 0. The lowest BCUT2D eigenvalue weighted by Crippen LogP contribution is -2.49. The molecule has 1 aromatic carbocycles. The molecular weight excluding hydrogens is 392 g/mol. The molecule has 0 N–H and O–H groups in total. The molecule has 2 aromatic heterocycles. The van der Waals surface area contributed by atoms with Crippen LogP contribution in [0.1, 0.15) is 44.9 Å². The standard InChI is InChI=1S/C23H26N6O2/c1-15-13-16(2)29(26-15)22-14-21(24-18(4)25-22)27-9-11-28(12-10-27)23(31)20-7-5-19(6-8-20)17(3)30/h5-8,13-14H,9-12H2,1-4H3. The summed E-state index contributed by atoms with van der Waals surface area (Å²) >= 11 is 0. The average molecular weight is 419 g/mol. The largest absolute Gasteiger partial charge is 0.353 e. The number of anilines is 1. The summed E-state index contributed by atoms with van der Waals surface area (Å²) in [6.07, 6.45) is 0. The van der Waals surface area contributed by atoms with Crippen LogP contribution in [0.2, 0.25) is 0 Å². The second kappa shape index (κ2) is 8.29. The van der Waals surface area contributed by atoms with E-state index in [1.807, 2.05) is 42.5 Å². The van der Waals surface area contributed by atoms with Crippen molar-refractivity contribution in [2.45, 2.75) is 27.7 Å². The highest BCUT2D eigenvalue weighted by Gasteiger charge is 2.24. The number of hydrogen-bond donors (Lipinski definition) is 0. The molecule has 1 aliphatic heterocycles. The molecule has 0 atom stereocenters. The summed E-state index contributed by atoms with van der Waals surface area (Å²) < 4.78 is 1.83. The zero-order chi connectivity index (χ0) is 22.1. The highest BCUT2D eigenvalue weighted by atomic mass is 16.2. The Hall–Kier alpha value is -3.55. The molecule has 31 heavy (non-hydrogen) atoms. The molecule has 0 radical (unpaired) electrons. The molecule has 0 aliphatic carbocycles. The van der Waals surface area contributed by atoms with Crippen molar-refractivity contribution in [2.75, 3.05) is 31.1 Å². The van der Waals surface area contributed by atoms with E-state index in [2.05, 4.69) is 20.0 Å². The van der Waals surface area contributed by atoms with Gasteiger partial charge in [0, 0.05) is 49.1 Å². The number of ketones is 1. The Bertz CT molecular complexity index is 1130. The first-order valence-corrected chi connectivity index (χ1v) is 10.4. The summed E-state index contributed by atoms with van der Waals surface area (Å²) in [6.45, 7) is 9.94. The summed E-state index contributed by atoms with van der Waals surface area (Å²) in [5.74, 6) is 2.25. The van der Waals surface area contributed by atoms with Crippen LogP contribution in [0, 0.1) is 20.8 Å². The number of aromatic nitrogens is 4. The molecule has 1 aliphatic rings. The molecule has 1 fully saturated rings. The predicted molar refractivity (Wildman–Crippen MR) is 118 cm³/mol. The third kappa shape index (κ3) is 4.33. The summed E-state index contributed by atoms with van der Waals surface area (Å²) in [5.41, 5.74) is 3.17. The van der Waals surface area contributed by atoms with Crippen LogP contribution in [-0.2, 0) is 0 Å². The van der Waals surface area contributed by atoms with E-state index < -0.39 is 0 Å². The number of piperazine rings is 1. The number of nitrogens with zero attached hydrogens (tertiary/aromatic N) is 6. The molecule has 8 heteroatoms. The SMILES string of the molecule is CC(=O)c1ccc(C(=O)N2CCN(c3cc(-n4nc(C)cc4C)nc(C)n3)CC2)cc1. The molecule has 4 rings (SSSR count). The van der Waals surface area contributed by atoms with E-state index in [1.165, 1.54) is 6.92 Å². The van der Waals surface area contributed by atoms with Crippen LogP contribution in [0.5, 0.6) is 0 Å². The Balaban J connectivity index is 1.47. The highest BCUT2D eigenvalue weighted by molar-refractivity contribution is 5.97. The Morgan fingerprint density at radius 1 is 0.839 bits per heavy atom. The van der Waals surface area contributed by atoms with Gasteiger partial charge in [0.15, 0.2) is 11.6 Å². The van der Waals surface area contributed by atoms with Crippen LogP contribution in [-0.4, -0.2) is 62.5 Å². The van der Waals surface area contributed by atoms with Gasteiger partial charge in [0.2, 0.25) is 0 Å². The molecule has 1 saturated heterocycles. The third-order valence-electron chi connectivity index (χ3n) is 5.47. The van der Waals surface area contributed by atoms with Gasteiger partial charge in [0.1, 0.15) is 11.6 Å². The van der Waals surface area contributed by atoms with E-state index in [-0.39, 0.29) is 11.7 Å². The van der Waals surface area contributed by atoms with Crippen LogP contribution >= 0.6 is 0 Å². The van der Waals surface area contributed by atoms with Crippen molar-refractivity contribution >= 4 is 17.5 Å². The molecule has 1 amide bonds. The quantitative estimate of drug-likeness (QED) is 0.606. The lowest BCUT2D eigenvalue weighted by atomic mass is 10.1. The van der Waals surface area contributed by atoms with Crippen molar-refractivity contribution in [2.24, 2.45) is 0 Å². The normalized spacial score (nSPS) is 14.1. The highest BCUT2D eigenvalue weighted by Crippen LogP contribution is 2.19. The Labute approximate surface area is 181 Å². The molecule has 0 bridgehead atoms. The molecule has 0 spiro atoms. The van der Waals surface area contributed by atoms with E-state index in [0.29, 0.717) is 43.1 Å². The lowest BCUT2D eigenvalue weighted by Gasteiger charge is -2.35. The van der Waals surface area contributed by atoms with Crippen molar-refractivity contribution in [1.82, 2.24) is 24.6 Å². The first kappa shape index (κ1) is 20.7. The zero-order valence-electron chi connectivity index (χ0n) is 18.3. The monoisotopic (exact) mass is 418 g/mol. The Morgan fingerprint density at radius 2 is 1.45 bits per heavy atom. The Kier molecular flexibility index (Phi) is 5.54. The maximum atomic E-state index is 12.8. The number of rotatable bonds is 4. The van der Waals surface area contributed by atoms with Crippen molar-refractivity contribution in [3.05, 3.63) is 64.7 Å². The fourth-order valence-electron chi connectivity index (χ4n) is 3.84. The fraction of sp³-hybridized carbons (Fsp3) is 0.348. The van der Waals surface area contributed by atoms with Gasteiger partial charge < -0.3 is 9.80 Å². The van der Waals surface area contributed by atoms with Gasteiger partial charge in [0.25, 0.3) is 5.91 Å². The number of Topliss-reactive ketones (excluding diaryl/α,β-unsaturated/α-hetero) is 1. The van der Waals surface area contributed by atoms with Crippen molar-refractivity contribution in [1.29, 1.82) is 0 Å². The number of carbonyl (C=O) groups excluding carboxylic acids is 2. The maximum absolute atomic E-state index is 12.8. The number of aryl methyl sites for hydroxylation is 3. The Morgan fingerprint density at radius 3 is 2.03 bits per heavy atom. The second-order valence-electron chi connectivity index (χ2n) is 7.88. The van der Waals surface area contributed by atoms with Gasteiger partial charge >= 0.3 is 0 Å². The van der Waals surface area contributed by atoms with E-state index in [9.17, 15) is 9.59 Å². The van der Waals surface area contributed by atoms with Crippen molar-refractivity contribution < 1.29 is 9.59 Å². The van der Waals surface area contributed by atoms with Crippen molar-refractivity contribution in [3.63, 3.8) is 0 Å². The lowest BCUT2D eigenvalue weighted by molar-refractivity contribution is 0.0746. The summed E-state index contributed by atoms with van der Waals surface area (Å²) in [6, 6.07) is 10.8. The van der Waals surface area contributed by atoms with Gasteiger partial charge in [0.05, 0.1) is 5.69 Å². The number of hydrogen-bond acceptors (Lipinski definition) is 6. The zero-order valence-corrected chi connectivity index (χ0v) is 18.3. The first-order chi connectivity index (χ1) is 14.8. The van der Waals surface area contributed by atoms with Crippen LogP contribution in [0.3, 0.4) is 0 Å². The predicted octanol–water partition coefficient (Wildman–Crippen LogP) is 2.75. The van der Waals surface area contributed by atoms with E-state index in [1.54, 1.807) is 24.3 Å². The molecule has 0 saturated carbocycles. The summed E-state index contributed by atoms with van der Waals surface area (Å²) in [5, 5.41) is 4.53. The topological polar surface area (TPSA) is 84.2 Å². The smallest absolute Gasteiger partial charge is 0.253 e. The minimum absolute atomic E-state index is 0.00686. The van der Waals surface area contributed by atoms with Crippen LogP contribution < -0.4 is 4.90 Å². The van der Waals surface area contributed by atoms with Crippen LogP contribution in [0.15, 0.2) is 36.4 Å². The number of carbonyl (C=O) groups is 2.